The van der Waals surface area contributed by atoms with Crippen LogP contribution in [-0.2, 0) is 19.5 Å². The van der Waals surface area contributed by atoms with E-state index in [2.05, 4.69) is 13.6 Å². The minimum Gasteiger partial charge on any atom is -0.435 e. The van der Waals surface area contributed by atoms with Gasteiger partial charge in [0, 0.05) is 0 Å². The van der Waals surface area contributed by atoms with Gasteiger partial charge in [0.15, 0.2) is 5.44 Å². The van der Waals surface area contributed by atoms with Gasteiger partial charge in [-0.05, 0) is 25.8 Å². The lowest BCUT2D eigenvalue weighted by Gasteiger charge is -2.11. The largest absolute Gasteiger partial charge is 0.509 e. The molecule has 0 bridgehead atoms. The smallest absolute Gasteiger partial charge is 0.435 e. The van der Waals surface area contributed by atoms with Gasteiger partial charge in [-0.25, -0.2) is 13.2 Å². The molecular weight excluding hydrogens is 230 g/mol. The van der Waals surface area contributed by atoms with Gasteiger partial charge in [0.2, 0.25) is 10.0 Å². The van der Waals surface area contributed by atoms with Crippen LogP contribution in [0.3, 0.4) is 0 Å². The van der Waals surface area contributed by atoms with Crippen molar-refractivity contribution in [3.8, 4) is 0 Å². The highest BCUT2D eigenvalue weighted by atomic mass is 32.3. The predicted molar refractivity (Wildman–Crippen MR) is 53.1 cm³/mol. The molecule has 0 fully saturated rings. The SMILES string of the molecule is CCOC(=O)OC(C)SNS(C)(=O)=O. The molecule has 0 aromatic rings. The van der Waals surface area contributed by atoms with E-state index >= 15 is 0 Å². The molecule has 0 amide bonds. The summed E-state index contributed by atoms with van der Waals surface area (Å²) in [7, 11) is -3.29. The first-order valence-electron chi connectivity index (χ1n) is 3.81. The molecule has 0 rings (SSSR count). The van der Waals surface area contributed by atoms with Crippen LogP contribution >= 0.6 is 11.9 Å². The molecule has 0 aliphatic carbocycles. The van der Waals surface area contributed by atoms with Crippen LogP contribution in [0.5, 0.6) is 0 Å². The summed E-state index contributed by atoms with van der Waals surface area (Å²) in [5.41, 5.74) is -0.635. The van der Waals surface area contributed by atoms with Gasteiger partial charge in [0.1, 0.15) is 0 Å². The maximum Gasteiger partial charge on any atom is 0.509 e. The molecule has 0 aliphatic rings. The monoisotopic (exact) mass is 243 g/mol. The molecule has 0 saturated heterocycles. The lowest BCUT2D eigenvalue weighted by molar-refractivity contribution is 0.0550. The van der Waals surface area contributed by atoms with E-state index in [4.69, 9.17) is 0 Å². The highest BCUT2D eigenvalue weighted by Gasteiger charge is 2.12. The summed E-state index contributed by atoms with van der Waals surface area (Å²) >= 11 is 0.777. The molecule has 0 heterocycles. The van der Waals surface area contributed by atoms with Gasteiger partial charge in [-0.3, -0.25) is 0 Å². The van der Waals surface area contributed by atoms with Gasteiger partial charge in [0.25, 0.3) is 0 Å². The third kappa shape index (κ3) is 8.14. The number of rotatable bonds is 5. The molecule has 0 aliphatic heterocycles. The lowest BCUT2D eigenvalue weighted by Crippen LogP contribution is -2.21. The van der Waals surface area contributed by atoms with Crippen LogP contribution in [0, 0.1) is 0 Å². The zero-order valence-electron chi connectivity index (χ0n) is 8.14. The Morgan fingerprint density at radius 1 is 1.57 bits per heavy atom. The van der Waals surface area contributed by atoms with E-state index in [0.29, 0.717) is 0 Å². The van der Waals surface area contributed by atoms with Crippen LogP contribution in [0.2, 0.25) is 0 Å². The minimum absolute atomic E-state index is 0.218. The van der Waals surface area contributed by atoms with Crippen LogP contribution in [-0.4, -0.2) is 32.9 Å². The number of carbonyl (C=O) groups is 1. The fourth-order valence-electron chi connectivity index (χ4n) is 0.467. The molecule has 6 nitrogen and oxygen atoms in total. The number of hydrogen-bond donors (Lipinski definition) is 1. The Morgan fingerprint density at radius 3 is 2.57 bits per heavy atom. The van der Waals surface area contributed by atoms with Crippen molar-refractivity contribution in [2.24, 2.45) is 0 Å². The van der Waals surface area contributed by atoms with Crippen LogP contribution < -0.4 is 4.13 Å². The standard InChI is InChI=1S/C6H13NO5S2/c1-4-11-6(8)12-5(2)13-7-14(3,9)10/h5,7H,4H2,1-3H3. The van der Waals surface area contributed by atoms with E-state index in [-0.39, 0.29) is 6.61 Å². The topological polar surface area (TPSA) is 81.7 Å². The van der Waals surface area contributed by atoms with Gasteiger partial charge in [-0.15, -0.1) is 0 Å². The first kappa shape index (κ1) is 13.5. The Labute approximate surface area is 87.5 Å². The molecule has 8 heteroatoms. The van der Waals surface area contributed by atoms with Gasteiger partial charge in [0.05, 0.1) is 12.9 Å². The van der Waals surface area contributed by atoms with Crippen molar-refractivity contribution >= 4 is 28.1 Å². The Kier molecular flexibility index (Phi) is 5.89. The van der Waals surface area contributed by atoms with Crippen molar-refractivity contribution in [2.45, 2.75) is 19.3 Å². The average Bonchev–Trinajstić information content (AvgIpc) is 2.00. The van der Waals surface area contributed by atoms with Crippen molar-refractivity contribution in [3.05, 3.63) is 0 Å². The van der Waals surface area contributed by atoms with Gasteiger partial charge < -0.3 is 9.47 Å². The number of sulfonamides is 1. The summed E-state index contributed by atoms with van der Waals surface area (Å²) < 4.78 is 32.6. The van der Waals surface area contributed by atoms with Crippen molar-refractivity contribution in [1.29, 1.82) is 0 Å². The molecule has 14 heavy (non-hydrogen) atoms. The summed E-state index contributed by atoms with van der Waals surface area (Å²) in [5.74, 6) is 0. The Balaban J connectivity index is 3.76. The summed E-state index contributed by atoms with van der Waals surface area (Å²) in [6.45, 7) is 3.39. The molecule has 0 spiro atoms. The van der Waals surface area contributed by atoms with Gasteiger partial charge >= 0.3 is 6.16 Å². The fraction of sp³-hybridized carbons (Fsp3) is 0.833. The summed E-state index contributed by atoms with van der Waals surface area (Å²) in [6, 6.07) is 0. The highest BCUT2D eigenvalue weighted by Crippen LogP contribution is 2.09. The first-order chi connectivity index (χ1) is 6.35. The van der Waals surface area contributed by atoms with E-state index in [0.717, 1.165) is 18.2 Å². The van der Waals surface area contributed by atoms with Crippen molar-refractivity contribution in [1.82, 2.24) is 4.13 Å². The normalized spacial score (nSPS) is 13.4. The van der Waals surface area contributed by atoms with E-state index in [9.17, 15) is 13.2 Å². The zero-order chi connectivity index (χ0) is 11.2. The minimum atomic E-state index is -3.29. The molecule has 1 atom stereocenters. The molecule has 0 radical (unpaired) electrons. The third-order valence-corrected chi connectivity index (χ3v) is 2.91. The van der Waals surface area contributed by atoms with E-state index in [1.54, 1.807) is 6.92 Å². The molecular formula is C6H13NO5S2. The van der Waals surface area contributed by atoms with Crippen LogP contribution in [0.25, 0.3) is 0 Å². The van der Waals surface area contributed by atoms with E-state index in [1.807, 2.05) is 0 Å². The summed E-state index contributed by atoms with van der Waals surface area (Å²) in [5, 5.41) is 0. The third-order valence-electron chi connectivity index (χ3n) is 0.890. The zero-order valence-corrected chi connectivity index (χ0v) is 9.78. The lowest BCUT2D eigenvalue weighted by atomic mass is 10.8. The average molecular weight is 243 g/mol. The first-order valence-corrected chi connectivity index (χ1v) is 6.58. The van der Waals surface area contributed by atoms with E-state index < -0.39 is 21.6 Å². The second kappa shape index (κ2) is 6.10. The molecule has 84 valence electrons. The number of ether oxygens (including phenoxy) is 2. The van der Waals surface area contributed by atoms with Crippen LogP contribution in [0.4, 0.5) is 4.79 Å². The number of nitrogens with one attached hydrogen (secondary N) is 1. The van der Waals surface area contributed by atoms with Crippen LogP contribution in [0.1, 0.15) is 13.8 Å². The van der Waals surface area contributed by atoms with Crippen molar-refractivity contribution in [3.63, 3.8) is 0 Å². The second-order valence-corrected chi connectivity index (χ2v) is 5.45. The second-order valence-electron chi connectivity index (χ2n) is 2.34. The molecule has 0 aromatic heterocycles. The molecule has 1 unspecified atom stereocenters. The summed E-state index contributed by atoms with van der Waals surface area (Å²) in [6.07, 6.45) is 0.194. The predicted octanol–water partition coefficient (Wildman–Crippen LogP) is 0.703. The molecule has 0 aromatic carbocycles. The van der Waals surface area contributed by atoms with Crippen molar-refractivity contribution < 1.29 is 22.7 Å². The van der Waals surface area contributed by atoms with Crippen molar-refractivity contribution in [2.75, 3.05) is 12.9 Å². The van der Waals surface area contributed by atoms with Crippen LogP contribution in [0.15, 0.2) is 0 Å². The molecule has 1 N–H and O–H groups in total. The Morgan fingerprint density at radius 2 is 2.14 bits per heavy atom. The van der Waals surface area contributed by atoms with E-state index in [1.165, 1.54) is 6.92 Å². The highest BCUT2D eigenvalue weighted by molar-refractivity contribution is 8.09. The quantitative estimate of drug-likeness (QED) is 0.435. The fourth-order valence-corrected chi connectivity index (χ4v) is 1.83. The van der Waals surface area contributed by atoms with Gasteiger partial charge in [-0.2, -0.15) is 4.13 Å². The molecule has 0 saturated carbocycles. The number of hydrogen-bond acceptors (Lipinski definition) is 6. The van der Waals surface area contributed by atoms with Gasteiger partial charge in [-0.1, -0.05) is 0 Å². The maximum absolute atomic E-state index is 10.7. The maximum atomic E-state index is 10.7. The summed E-state index contributed by atoms with van der Waals surface area (Å²) in [4.78, 5) is 10.7. The Bertz CT molecular complexity index is 276. The Hall–Kier alpha value is -0.470. The number of carbonyl (C=O) groups excluding carboxylic acids is 1.